The van der Waals surface area contributed by atoms with Crippen molar-refractivity contribution in [3.8, 4) is 28.4 Å². The van der Waals surface area contributed by atoms with Gasteiger partial charge in [-0.3, -0.25) is 4.98 Å². The smallest absolute Gasteiger partial charge is 0.253 e. The highest BCUT2D eigenvalue weighted by Gasteiger charge is 2.11. The van der Waals surface area contributed by atoms with Gasteiger partial charge in [0.1, 0.15) is 12.4 Å². The summed E-state index contributed by atoms with van der Waals surface area (Å²) in [7, 11) is 0. The number of pyridine rings is 1. The standard InChI is InChI=1S/C23H16ClN5O/c24-19-5-1-16(2-6-19)15-30-20-7-3-17(4-8-20)21-11-14-26-23-27-22(28-29(21)23)18-9-12-25-13-10-18/h1-14H,15H2. The number of ether oxygens (including phenoxy) is 1. The summed E-state index contributed by atoms with van der Waals surface area (Å²) < 4.78 is 7.63. The molecule has 0 unspecified atom stereocenters. The number of aromatic nitrogens is 5. The van der Waals surface area contributed by atoms with Crippen molar-refractivity contribution in [2.24, 2.45) is 0 Å². The SMILES string of the molecule is Clc1ccc(COc2ccc(-c3ccnc4nc(-c5ccncc5)nn34)cc2)cc1. The molecule has 0 saturated carbocycles. The fraction of sp³-hybridized carbons (Fsp3) is 0.0435. The average Bonchev–Trinajstić information content (AvgIpc) is 3.24. The van der Waals surface area contributed by atoms with Crippen molar-refractivity contribution < 1.29 is 4.74 Å². The number of halogens is 1. The normalized spacial score (nSPS) is 11.0. The van der Waals surface area contributed by atoms with Crippen LogP contribution in [-0.2, 0) is 6.61 Å². The lowest BCUT2D eigenvalue weighted by atomic mass is 10.1. The summed E-state index contributed by atoms with van der Waals surface area (Å²) in [5, 5.41) is 5.35. The minimum absolute atomic E-state index is 0.481. The maximum atomic E-state index is 5.92. The predicted molar refractivity (Wildman–Crippen MR) is 115 cm³/mol. The van der Waals surface area contributed by atoms with Crippen LogP contribution < -0.4 is 4.74 Å². The molecule has 0 bridgehead atoms. The Bertz CT molecular complexity index is 1290. The van der Waals surface area contributed by atoms with Gasteiger partial charge in [-0.25, -0.2) is 4.98 Å². The third-order valence-electron chi connectivity index (χ3n) is 4.65. The third-order valence-corrected chi connectivity index (χ3v) is 4.90. The molecule has 2 aromatic carbocycles. The van der Waals surface area contributed by atoms with Gasteiger partial charge in [-0.05, 0) is 60.2 Å². The first kappa shape index (κ1) is 18.3. The summed E-state index contributed by atoms with van der Waals surface area (Å²) in [6, 6.07) is 21.2. The van der Waals surface area contributed by atoms with E-state index < -0.39 is 0 Å². The summed E-state index contributed by atoms with van der Waals surface area (Å²) in [6.45, 7) is 0.481. The Morgan fingerprint density at radius 2 is 1.57 bits per heavy atom. The molecule has 5 aromatic rings. The molecule has 0 radical (unpaired) electrons. The van der Waals surface area contributed by atoms with Gasteiger partial charge in [-0.1, -0.05) is 23.7 Å². The largest absolute Gasteiger partial charge is 0.489 e. The Hall–Kier alpha value is -3.77. The van der Waals surface area contributed by atoms with E-state index in [0.29, 0.717) is 23.2 Å². The molecule has 0 spiro atoms. The van der Waals surface area contributed by atoms with Crippen LogP contribution in [0.5, 0.6) is 5.75 Å². The summed E-state index contributed by atoms with van der Waals surface area (Å²) >= 11 is 5.92. The Morgan fingerprint density at radius 3 is 2.33 bits per heavy atom. The van der Waals surface area contributed by atoms with Gasteiger partial charge in [0.25, 0.3) is 5.78 Å². The second-order valence-electron chi connectivity index (χ2n) is 6.65. The van der Waals surface area contributed by atoms with Crippen LogP contribution in [0.1, 0.15) is 5.56 Å². The Kier molecular flexibility index (Phi) is 4.83. The lowest BCUT2D eigenvalue weighted by Gasteiger charge is -2.08. The minimum Gasteiger partial charge on any atom is -0.489 e. The zero-order valence-electron chi connectivity index (χ0n) is 15.8. The molecule has 0 amide bonds. The quantitative estimate of drug-likeness (QED) is 0.401. The molecule has 6 nitrogen and oxygen atoms in total. The van der Waals surface area contributed by atoms with Crippen LogP contribution in [0.15, 0.2) is 85.3 Å². The zero-order chi connectivity index (χ0) is 20.3. The summed E-state index contributed by atoms with van der Waals surface area (Å²) in [5.41, 5.74) is 3.85. The Morgan fingerprint density at radius 1 is 0.800 bits per heavy atom. The summed E-state index contributed by atoms with van der Waals surface area (Å²) in [4.78, 5) is 12.9. The van der Waals surface area contributed by atoms with Gasteiger partial charge < -0.3 is 4.74 Å². The minimum atomic E-state index is 0.481. The molecule has 0 aliphatic rings. The number of benzene rings is 2. The van der Waals surface area contributed by atoms with Crippen LogP contribution in [-0.4, -0.2) is 24.6 Å². The van der Waals surface area contributed by atoms with Crippen molar-refractivity contribution in [2.75, 3.05) is 0 Å². The van der Waals surface area contributed by atoms with E-state index in [0.717, 1.165) is 28.1 Å². The highest BCUT2D eigenvalue weighted by molar-refractivity contribution is 6.30. The van der Waals surface area contributed by atoms with E-state index in [4.69, 9.17) is 16.3 Å². The van der Waals surface area contributed by atoms with Gasteiger partial charge in [0.15, 0.2) is 5.82 Å². The first-order valence-corrected chi connectivity index (χ1v) is 9.74. The zero-order valence-corrected chi connectivity index (χ0v) is 16.6. The van der Waals surface area contributed by atoms with E-state index in [1.54, 1.807) is 23.1 Å². The Labute approximate surface area is 177 Å². The molecule has 146 valence electrons. The van der Waals surface area contributed by atoms with Crippen LogP contribution in [0.25, 0.3) is 28.4 Å². The average molecular weight is 414 g/mol. The van der Waals surface area contributed by atoms with E-state index in [1.165, 1.54) is 0 Å². The van der Waals surface area contributed by atoms with E-state index in [2.05, 4.69) is 20.1 Å². The molecule has 0 atom stereocenters. The maximum Gasteiger partial charge on any atom is 0.253 e. The first-order valence-electron chi connectivity index (χ1n) is 9.36. The molecule has 0 aliphatic heterocycles. The van der Waals surface area contributed by atoms with E-state index in [-0.39, 0.29) is 0 Å². The van der Waals surface area contributed by atoms with Gasteiger partial charge in [-0.15, -0.1) is 5.10 Å². The van der Waals surface area contributed by atoms with Gasteiger partial charge >= 0.3 is 0 Å². The van der Waals surface area contributed by atoms with Crippen molar-refractivity contribution in [3.63, 3.8) is 0 Å². The lowest BCUT2D eigenvalue weighted by Crippen LogP contribution is -1.97. The summed E-state index contributed by atoms with van der Waals surface area (Å²) in [5.74, 6) is 1.94. The molecule has 3 aromatic heterocycles. The maximum absolute atomic E-state index is 5.92. The van der Waals surface area contributed by atoms with Crippen molar-refractivity contribution in [3.05, 3.63) is 95.9 Å². The van der Waals surface area contributed by atoms with Crippen molar-refractivity contribution in [2.45, 2.75) is 6.61 Å². The van der Waals surface area contributed by atoms with Crippen LogP contribution >= 0.6 is 11.6 Å². The highest BCUT2D eigenvalue weighted by atomic mass is 35.5. The fourth-order valence-corrected chi connectivity index (χ4v) is 3.23. The van der Waals surface area contributed by atoms with Gasteiger partial charge in [0, 0.05) is 34.7 Å². The second kappa shape index (κ2) is 7.93. The van der Waals surface area contributed by atoms with Crippen molar-refractivity contribution in [1.82, 2.24) is 24.6 Å². The third kappa shape index (κ3) is 3.73. The fourth-order valence-electron chi connectivity index (χ4n) is 3.11. The molecule has 0 aliphatic carbocycles. The molecule has 7 heteroatoms. The molecule has 0 fully saturated rings. The molecule has 0 N–H and O–H groups in total. The molecule has 3 heterocycles. The van der Waals surface area contributed by atoms with Crippen LogP contribution in [0.3, 0.4) is 0 Å². The van der Waals surface area contributed by atoms with Gasteiger partial charge in [-0.2, -0.15) is 9.50 Å². The van der Waals surface area contributed by atoms with Crippen LogP contribution in [0.2, 0.25) is 5.02 Å². The monoisotopic (exact) mass is 413 g/mol. The number of nitrogens with zero attached hydrogens (tertiary/aromatic N) is 5. The Balaban J connectivity index is 1.40. The topological polar surface area (TPSA) is 65.2 Å². The van der Waals surface area contributed by atoms with Crippen molar-refractivity contribution in [1.29, 1.82) is 0 Å². The summed E-state index contributed by atoms with van der Waals surface area (Å²) in [6.07, 6.45) is 5.18. The van der Waals surface area contributed by atoms with Gasteiger partial charge in [0.2, 0.25) is 0 Å². The number of hydrogen-bond donors (Lipinski definition) is 0. The molecular formula is C23H16ClN5O. The highest BCUT2D eigenvalue weighted by Crippen LogP contribution is 2.24. The number of rotatable bonds is 5. The lowest BCUT2D eigenvalue weighted by molar-refractivity contribution is 0.306. The first-order chi connectivity index (χ1) is 14.8. The van der Waals surface area contributed by atoms with E-state index in [1.807, 2.05) is 66.7 Å². The van der Waals surface area contributed by atoms with Crippen LogP contribution in [0.4, 0.5) is 0 Å². The van der Waals surface area contributed by atoms with E-state index in [9.17, 15) is 0 Å². The predicted octanol–water partition coefficient (Wildman–Crippen LogP) is 5.09. The molecule has 0 saturated heterocycles. The van der Waals surface area contributed by atoms with Crippen LogP contribution in [0, 0.1) is 0 Å². The second-order valence-corrected chi connectivity index (χ2v) is 7.09. The van der Waals surface area contributed by atoms with E-state index >= 15 is 0 Å². The molecule has 30 heavy (non-hydrogen) atoms. The van der Waals surface area contributed by atoms with Gasteiger partial charge in [0.05, 0.1) is 5.69 Å². The molecule has 5 rings (SSSR count). The number of hydrogen-bond acceptors (Lipinski definition) is 5. The molecular weight excluding hydrogens is 398 g/mol. The number of fused-ring (bicyclic) bond motifs is 1. The van der Waals surface area contributed by atoms with Crippen molar-refractivity contribution >= 4 is 17.4 Å².